The zero-order valence-corrected chi connectivity index (χ0v) is 7.62. The second kappa shape index (κ2) is 3.75. The fraction of sp³-hybridized carbons (Fsp3) is 0. The summed E-state index contributed by atoms with van der Waals surface area (Å²) in [5.41, 5.74) is 7.45. The molecule has 54 valence electrons. The standard InChI is InChI=1S/C6H10N2P2/c7-5-3-1-2-4-6(5)8-10-9/h1-4,8,10H,7,9H2. The number of hydrogen-bond donors (Lipinski definition) is 2. The van der Waals surface area contributed by atoms with E-state index in [1.807, 2.05) is 24.3 Å². The summed E-state index contributed by atoms with van der Waals surface area (Å²) >= 11 is 0. The summed E-state index contributed by atoms with van der Waals surface area (Å²) in [5, 5.41) is 3.14. The summed E-state index contributed by atoms with van der Waals surface area (Å²) in [4.78, 5) is 0. The molecule has 0 aliphatic rings. The highest BCUT2D eigenvalue weighted by Crippen LogP contribution is 2.27. The van der Waals surface area contributed by atoms with Crippen LogP contribution in [0.2, 0.25) is 0 Å². The van der Waals surface area contributed by atoms with Crippen molar-refractivity contribution in [2.75, 3.05) is 10.8 Å². The summed E-state index contributed by atoms with van der Waals surface area (Å²) < 4.78 is 0. The van der Waals surface area contributed by atoms with Crippen molar-refractivity contribution < 1.29 is 0 Å². The van der Waals surface area contributed by atoms with E-state index in [1.54, 1.807) is 0 Å². The van der Waals surface area contributed by atoms with Crippen LogP contribution in [0.15, 0.2) is 24.3 Å². The zero-order chi connectivity index (χ0) is 7.40. The topological polar surface area (TPSA) is 38.0 Å². The second-order valence-corrected chi connectivity index (χ2v) is 3.26. The average Bonchev–Trinajstić information content (AvgIpc) is 1.94. The first-order chi connectivity index (χ1) is 4.84. The molecule has 0 radical (unpaired) electrons. The van der Waals surface area contributed by atoms with Crippen LogP contribution in [0.4, 0.5) is 11.4 Å². The molecule has 0 spiro atoms. The molecule has 0 heterocycles. The number of benzene rings is 1. The summed E-state index contributed by atoms with van der Waals surface area (Å²) in [6, 6.07) is 7.73. The molecule has 4 heteroatoms. The summed E-state index contributed by atoms with van der Waals surface area (Å²) in [6.45, 7) is 0. The summed E-state index contributed by atoms with van der Waals surface area (Å²) in [5.74, 6) is 0. The predicted octanol–water partition coefficient (Wildman–Crippen LogP) is 2.06. The molecule has 3 N–H and O–H groups in total. The van der Waals surface area contributed by atoms with E-state index in [0.717, 1.165) is 11.4 Å². The molecule has 0 saturated heterocycles. The van der Waals surface area contributed by atoms with Crippen molar-refractivity contribution in [3.05, 3.63) is 24.3 Å². The fourth-order valence-electron chi connectivity index (χ4n) is 0.689. The van der Waals surface area contributed by atoms with Gasteiger partial charge in [-0.15, -0.1) is 0 Å². The number of para-hydroxylation sites is 2. The van der Waals surface area contributed by atoms with Crippen molar-refractivity contribution in [2.24, 2.45) is 0 Å². The van der Waals surface area contributed by atoms with Crippen molar-refractivity contribution in [3.8, 4) is 0 Å². The SMILES string of the molecule is Nc1ccccc1NPP. The number of hydrogen-bond acceptors (Lipinski definition) is 2. The molecule has 1 aromatic carbocycles. The van der Waals surface area contributed by atoms with Crippen LogP contribution in [-0.2, 0) is 0 Å². The number of nitrogens with two attached hydrogens (primary N) is 1. The van der Waals surface area contributed by atoms with Gasteiger partial charge in [0, 0.05) is 0 Å². The van der Waals surface area contributed by atoms with Crippen molar-refractivity contribution in [3.63, 3.8) is 0 Å². The molecule has 0 bridgehead atoms. The van der Waals surface area contributed by atoms with Crippen molar-refractivity contribution in [2.45, 2.75) is 0 Å². The van der Waals surface area contributed by atoms with E-state index in [0.29, 0.717) is 8.42 Å². The highest BCUT2D eigenvalue weighted by atomic mass is 32.0. The van der Waals surface area contributed by atoms with Crippen LogP contribution in [0.3, 0.4) is 0 Å². The Bertz CT molecular complexity index is 215. The molecule has 0 amide bonds. The van der Waals surface area contributed by atoms with Gasteiger partial charge in [0.05, 0.1) is 11.4 Å². The molecule has 0 aliphatic heterocycles. The molecule has 0 fully saturated rings. The van der Waals surface area contributed by atoms with Gasteiger partial charge in [-0.25, -0.2) is 0 Å². The molecule has 1 rings (SSSR count). The maximum atomic E-state index is 5.64. The fourth-order valence-corrected chi connectivity index (χ4v) is 1.54. The monoisotopic (exact) mass is 172 g/mol. The van der Waals surface area contributed by atoms with E-state index in [-0.39, 0.29) is 0 Å². The molecule has 2 nitrogen and oxygen atoms in total. The van der Waals surface area contributed by atoms with Crippen molar-refractivity contribution in [1.82, 2.24) is 0 Å². The highest BCUT2D eigenvalue weighted by Gasteiger charge is 1.91. The van der Waals surface area contributed by atoms with Gasteiger partial charge in [-0.3, -0.25) is 0 Å². The molecule has 0 aromatic heterocycles. The molecular weight excluding hydrogens is 162 g/mol. The van der Waals surface area contributed by atoms with E-state index in [4.69, 9.17) is 5.73 Å². The lowest BCUT2D eigenvalue weighted by atomic mass is 10.3. The summed E-state index contributed by atoms with van der Waals surface area (Å²) in [6.07, 6.45) is 0. The van der Waals surface area contributed by atoms with Gasteiger partial charge in [-0.2, -0.15) is 0 Å². The maximum Gasteiger partial charge on any atom is 0.0606 e. The third kappa shape index (κ3) is 1.83. The molecule has 1 aromatic rings. The summed E-state index contributed by atoms with van der Waals surface area (Å²) in [7, 11) is 3.23. The van der Waals surface area contributed by atoms with Gasteiger partial charge in [0.25, 0.3) is 0 Å². The van der Waals surface area contributed by atoms with Crippen LogP contribution in [0.1, 0.15) is 0 Å². The number of anilines is 2. The van der Waals surface area contributed by atoms with Crippen LogP contribution < -0.4 is 10.8 Å². The Morgan fingerprint density at radius 3 is 2.70 bits per heavy atom. The van der Waals surface area contributed by atoms with Crippen LogP contribution in [-0.4, -0.2) is 0 Å². The van der Waals surface area contributed by atoms with Gasteiger partial charge in [0.15, 0.2) is 0 Å². The first kappa shape index (κ1) is 7.78. The normalized spacial score (nSPS) is 10.5. The minimum Gasteiger partial charge on any atom is -0.397 e. The Labute approximate surface area is 64.5 Å². The van der Waals surface area contributed by atoms with E-state index in [9.17, 15) is 0 Å². The minimum absolute atomic E-state index is 0.618. The van der Waals surface area contributed by atoms with Crippen molar-refractivity contribution >= 4 is 28.7 Å². The van der Waals surface area contributed by atoms with Crippen molar-refractivity contribution in [1.29, 1.82) is 0 Å². The number of nitrogens with one attached hydrogen (secondary N) is 1. The molecule has 2 unspecified atom stereocenters. The maximum absolute atomic E-state index is 5.64. The lowest BCUT2D eigenvalue weighted by Gasteiger charge is -2.04. The molecular formula is C6H10N2P2. The highest BCUT2D eigenvalue weighted by molar-refractivity contribution is 8.03. The first-order valence-corrected chi connectivity index (χ1v) is 5.71. The number of rotatable bonds is 2. The minimum atomic E-state index is 0.618. The van der Waals surface area contributed by atoms with Crippen LogP contribution in [0.25, 0.3) is 0 Å². The smallest absolute Gasteiger partial charge is 0.0606 e. The zero-order valence-electron chi connectivity index (χ0n) is 5.46. The Morgan fingerprint density at radius 1 is 1.40 bits per heavy atom. The van der Waals surface area contributed by atoms with Gasteiger partial charge in [0.1, 0.15) is 0 Å². The predicted molar refractivity (Wildman–Crippen MR) is 52.5 cm³/mol. The van der Waals surface area contributed by atoms with Gasteiger partial charge in [-0.1, -0.05) is 21.1 Å². The molecule has 0 saturated carbocycles. The Hall–Kier alpha value is -0.320. The quantitative estimate of drug-likeness (QED) is 0.529. The van der Waals surface area contributed by atoms with Crippen LogP contribution in [0, 0.1) is 0 Å². The lowest BCUT2D eigenvalue weighted by Crippen LogP contribution is -1.89. The van der Waals surface area contributed by atoms with Gasteiger partial charge < -0.3 is 10.8 Å². The number of nitrogen functional groups attached to an aromatic ring is 1. The van der Waals surface area contributed by atoms with Gasteiger partial charge >= 0.3 is 0 Å². The Morgan fingerprint density at radius 2 is 2.10 bits per heavy atom. The second-order valence-electron chi connectivity index (χ2n) is 1.86. The largest absolute Gasteiger partial charge is 0.397 e. The third-order valence-electron chi connectivity index (χ3n) is 1.17. The van der Waals surface area contributed by atoms with Crippen LogP contribution in [0.5, 0.6) is 0 Å². The Kier molecular flexibility index (Phi) is 2.92. The lowest BCUT2D eigenvalue weighted by molar-refractivity contribution is 1.66. The first-order valence-electron chi connectivity index (χ1n) is 2.90. The Balaban J connectivity index is 2.81. The van der Waals surface area contributed by atoms with Gasteiger partial charge in [-0.05, 0) is 20.6 Å². The average molecular weight is 172 g/mol. The third-order valence-corrected chi connectivity index (χ3v) is 2.01. The molecule has 10 heavy (non-hydrogen) atoms. The van der Waals surface area contributed by atoms with E-state index in [2.05, 4.69) is 14.0 Å². The van der Waals surface area contributed by atoms with Gasteiger partial charge in [0.2, 0.25) is 0 Å². The van der Waals surface area contributed by atoms with E-state index in [1.165, 1.54) is 0 Å². The molecule has 2 atom stereocenters. The van der Waals surface area contributed by atoms with E-state index < -0.39 is 0 Å². The van der Waals surface area contributed by atoms with E-state index >= 15 is 0 Å². The van der Waals surface area contributed by atoms with Crippen LogP contribution >= 0.6 is 17.3 Å². The molecule has 0 aliphatic carbocycles.